The molecule has 0 unspecified atom stereocenters. The summed E-state index contributed by atoms with van der Waals surface area (Å²) in [6, 6.07) is 0. The molecule has 4 aliphatic carbocycles. The van der Waals surface area contributed by atoms with Gasteiger partial charge in [0.2, 0.25) is 0 Å². The number of ether oxygens (including phenoxy) is 4. The monoisotopic (exact) mass is 548 g/mol. The molecule has 0 spiro atoms. The van der Waals surface area contributed by atoms with Gasteiger partial charge in [0.25, 0.3) is 0 Å². The molecule has 4 saturated carbocycles. The smallest absolute Gasteiger partial charge is 0.331 e. The average Bonchev–Trinajstić information content (AvgIpc) is 3.44. The van der Waals surface area contributed by atoms with Crippen molar-refractivity contribution in [3.05, 3.63) is 11.6 Å². The van der Waals surface area contributed by atoms with E-state index in [9.17, 15) is 20.1 Å². The van der Waals surface area contributed by atoms with Gasteiger partial charge in [0.15, 0.2) is 6.29 Å². The summed E-state index contributed by atoms with van der Waals surface area (Å²) >= 11 is 0. The molecule has 8 nitrogen and oxygen atoms in total. The quantitative estimate of drug-likeness (QED) is 0.448. The van der Waals surface area contributed by atoms with Gasteiger partial charge in [-0.05, 0) is 99.4 Å². The number of hydrogen-bond acceptors (Lipinski definition) is 8. The van der Waals surface area contributed by atoms with Gasteiger partial charge in [-0.25, -0.2) is 4.79 Å². The minimum absolute atomic E-state index is 0.160. The van der Waals surface area contributed by atoms with E-state index in [1.165, 1.54) is 0 Å². The molecule has 6 aliphatic rings. The van der Waals surface area contributed by atoms with Crippen molar-refractivity contribution >= 4 is 5.97 Å². The molecule has 2 aliphatic heterocycles. The van der Waals surface area contributed by atoms with E-state index in [1.54, 1.807) is 13.2 Å². The normalized spacial score (nSPS) is 53.4. The Bertz CT molecular complexity index is 999. The fourth-order valence-electron chi connectivity index (χ4n) is 10.2. The molecule has 0 bridgehead atoms. The lowest BCUT2D eigenvalue weighted by Crippen LogP contribution is -2.67. The van der Waals surface area contributed by atoms with Crippen LogP contribution in [0.3, 0.4) is 0 Å². The molecule has 0 radical (unpaired) electrons. The fraction of sp³-hybridized carbons (Fsp3) is 0.903. The number of fused-ring (bicyclic) bond motifs is 5. The number of methoxy groups -OCH3 is 1. The highest BCUT2D eigenvalue weighted by molar-refractivity contribution is 5.85. The Hall–Kier alpha value is -1.03. The summed E-state index contributed by atoms with van der Waals surface area (Å²) in [7, 11) is 1.61. The van der Waals surface area contributed by atoms with Crippen molar-refractivity contribution in [1.82, 2.24) is 0 Å². The Labute approximate surface area is 232 Å². The van der Waals surface area contributed by atoms with Crippen LogP contribution in [0.1, 0.15) is 85.0 Å². The number of cyclic esters (lactones) is 1. The molecule has 0 aromatic rings. The molecule has 0 amide bonds. The first-order valence-corrected chi connectivity index (χ1v) is 15.2. The van der Waals surface area contributed by atoms with Crippen molar-refractivity contribution in [3.63, 3.8) is 0 Å². The summed E-state index contributed by atoms with van der Waals surface area (Å²) in [5, 5.41) is 34.9. The molecule has 220 valence electrons. The van der Waals surface area contributed by atoms with Crippen LogP contribution in [-0.4, -0.2) is 77.4 Å². The van der Waals surface area contributed by atoms with Crippen LogP contribution >= 0.6 is 0 Å². The highest BCUT2D eigenvalue weighted by atomic mass is 16.7. The van der Waals surface area contributed by atoms with Gasteiger partial charge in [-0.2, -0.15) is 0 Å². The number of aliphatic hydroxyl groups is 3. The third-order valence-corrected chi connectivity index (χ3v) is 12.7. The zero-order chi connectivity index (χ0) is 27.8. The highest BCUT2D eigenvalue weighted by Gasteiger charge is 2.70. The van der Waals surface area contributed by atoms with Gasteiger partial charge in [0, 0.05) is 25.0 Å². The van der Waals surface area contributed by atoms with Gasteiger partial charge >= 0.3 is 5.97 Å². The average molecular weight is 549 g/mol. The molecule has 0 aromatic carbocycles. The zero-order valence-corrected chi connectivity index (χ0v) is 24.1. The van der Waals surface area contributed by atoms with Crippen LogP contribution in [0, 0.1) is 34.5 Å². The van der Waals surface area contributed by atoms with Crippen LogP contribution in [0.2, 0.25) is 0 Å². The number of carbonyl (C=O) groups excluding carboxylic acids is 1. The first-order valence-electron chi connectivity index (χ1n) is 15.2. The Balaban J connectivity index is 1.14. The third kappa shape index (κ3) is 4.18. The van der Waals surface area contributed by atoms with E-state index in [-0.39, 0.29) is 52.7 Å². The Morgan fingerprint density at radius 1 is 1.03 bits per heavy atom. The molecule has 5 fully saturated rings. The number of rotatable bonds is 5. The topological polar surface area (TPSA) is 115 Å². The summed E-state index contributed by atoms with van der Waals surface area (Å²) in [4.78, 5) is 11.8. The van der Waals surface area contributed by atoms with E-state index in [4.69, 9.17) is 18.9 Å². The SMILES string of the molecule is CO[C@H]1C[C@H](OC[C@H]2CC[C@]3(C)[C@H]4CC[C@]5(C)[C@H](C6=CC(=O)OC6)CC[C@]5(O)[C@@H]4CC[C@]3(O)C2)O[C@H](C)[C@H]1O. The maximum atomic E-state index is 12.4. The summed E-state index contributed by atoms with van der Waals surface area (Å²) in [6.07, 6.45) is 8.11. The second kappa shape index (κ2) is 9.77. The molecule has 3 N–H and O–H groups in total. The summed E-state index contributed by atoms with van der Waals surface area (Å²) in [6.45, 7) is 7.25. The lowest BCUT2D eigenvalue weighted by Gasteiger charge is -2.66. The van der Waals surface area contributed by atoms with Crippen LogP contribution in [0.5, 0.6) is 0 Å². The molecular weight excluding hydrogens is 500 g/mol. The van der Waals surface area contributed by atoms with Crippen LogP contribution in [0.4, 0.5) is 0 Å². The Kier molecular flexibility index (Phi) is 7.04. The molecule has 39 heavy (non-hydrogen) atoms. The highest BCUT2D eigenvalue weighted by Crippen LogP contribution is 2.70. The molecular formula is C31H48O8. The molecule has 0 aromatic heterocycles. The minimum atomic E-state index is -0.783. The van der Waals surface area contributed by atoms with E-state index < -0.39 is 23.6 Å². The van der Waals surface area contributed by atoms with Crippen LogP contribution in [0.25, 0.3) is 0 Å². The predicted octanol–water partition coefficient (Wildman–Crippen LogP) is 3.50. The summed E-state index contributed by atoms with van der Waals surface area (Å²) < 4.78 is 22.8. The predicted molar refractivity (Wildman–Crippen MR) is 142 cm³/mol. The first-order chi connectivity index (χ1) is 18.4. The van der Waals surface area contributed by atoms with Crippen molar-refractivity contribution in [1.29, 1.82) is 0 Å². The number of carbonyl (C=O) groups is 1. The van der Waals surface area contributed by atoms with E-state index in [0.29, 0.717) is 32.5 Å². The summed E-state index contributed by atoms with van der Waals surface area (Å²) in [5.41, 5.74) is -1.01. The number of aliphatic hydroxyl groups excluding tert-OH is 1. The minimum Gasteiger partial charge on any atom is -0.458 e. The Morgan fingerprint density at radius 3 is 2.49 bits per heavy atom. The maximum Gasteiger partial charge on any atom is 0.331 e. The van der Waals surface area contributed by atoms with Gasteiger partial charge in [-0.3, -0.25) is 0 Å². The molecule has 8 heteroatoms. The largest absolute Gasteiger partial charge is 0.458 e. The van der Waals surface area contributed by atoms with E-state index in [1.807, 2.05) is 6.92 Å². The van der Waals surface area contributed by atoms with Gasteiger partial charge < -0.3 is 34.3 Å². The van der Waals surface area contributed by atoms with Gasteiger partial charge in [-0.1, -0.05) is 13.8 Å². The van der Waals surface area contributed by atoms with Gasteiger partial charge in [0.1, 0.15) is 12.7 Å². The molecule has 2 heterocycles. The Morgan fingerprint density at radius 2 is 1.77 bits per heavy atom. The molecule has 6 rings (SSSR count). The molecule has 1 saturated heterocycles. The third-order valence-electron chi connectivity index (χ3n) is 12.7. The van der Waals surface area contributed by atoms with E-state index in [2.05, 4.69) is 13.8 Å². The second-order valence-electron chi connectivity index (χ2n) is 14.2. The zero-order valence-electron chi connectivity index (χ0n) is 24.1. The maximum absolute atomic E-state index is 12.4. The summed E-state index contributed by atoms with van der Waals surface area (Å²) in [5.74, 6) is 0.602. The number of hydrogen-bond donors (Lipinski definition) is 3. The molecule has 12 atom stereocenters. The van der Waals surface area contributed by atoms with Crippen molar-refractivity contribution in [2.24, 2.45) is 34.5 Å². The van der Waals surface area contributed by atoms with Crippen LogP contribution in [0.15, 0.2) is 11.6 Å². The van der Waals surface area contributed by atoms with Crippen molar-refractivity contribution in [3.8, 4) is 0 Å². The standard InChI is InChI=1S/C31H48O8/c1-18-27(33)24(36-4)14-26(39-18)38-16-19-5-9-28(2)22-6-10-29(3)21(20-13-25(32)37-17-20)8-12-31(29,35)23(22)7-11-30(28,34)15-19/h13,18-19,21-24,26-27,33-35H,5-12,14-17H2,1-4H3/t18-,19+,21+,22+,23-,24+,26-,27-,28-,29-,30+,31+/m1/s1. The second-order valence-corrected chi connectivity index (χ2v) is 14.2. The van der Waals surface area contributed by atoms with E-state index >= 15 is 0 Å². The van der Waals surface area contributed by atoms with Gasteiger partial charge in [0.05, 0.1) is 30.0 Å². The van der Waals surface area contributed by atoms with Crippen LogP contribution in [-0.2, 0) is 23.7 Å². The first kappa shape index (κ1) is 28.1. The fourth-order valence-corrected chi connectivity index (χ4v) is 10.2. The lowest BCUT2D eigenvalue weighted by atomic mass is 9.41. The van der Waals surface area contributed by atoms with Crippen LogP contribution < -0.4 is 0 Å². The van der Waals surface area contributed by atoms with Crippen molar-refractivity contribution in [2.75, 3.05) is 20.3 Å². The number of esters is 1. The van der Waals surface area contributed by atoms with E-state index in [0.717, 1.165) is 50.5 Å². The lowest BCUT2D eigenvalue weighted by molar-refractivity contribution is -0.267. The van der Waals surface area contributed by atoms with Crippen molar-refractivity contribution < 1.29 is 39.1 Å². The van der Waals surface area contributed by atoms with Crippen molar-refractivity contribution in [2.45, 2.75) is 121 Å². The van der Waals surface area contributed by atoms with Gasteiger partial charge in [-0.15, -0.1) is 0 Å².